The molecule has 2 aliphatic carbocycles. The maximum Gasteiger partial charge on any atom is 0.234 e. The average Bonchev–Trinajstić information content (AvgIpc) is 3.99. The number of benzene rings is 7. The van der Waals surface area contributed by atoms with E-state index in [2.05, 4.69) is 36.4 Å². The van der Waals surface area contributed by atoms with Crippen molar-refractivity contribution >= 4 is 101 Å². The standard InChI is InChI=1S/C54H32N2O6S2/c1-53(2)41-21-38-42(22-37(41)49-51(61-53)55-43(63-49)23-39-45(57)33-17-29-13-25-9-5-6-10-26(25)14-30(29)18-34(33)46(39)58)54(3,4)62-52-50(38)64-44(56-52)24-40-47(59)35-19-31-15-27-11-7-8-12-28(27)16-32(31)20-36(35)48(40)60/h5-24H,1-4H3. The fourth-order valence-electron chi connectivity index (χ4n) is 9.84. The van der Waals surface area contributed by atoms with Crippen molar-refractivity contribution < 1.29 is 28.7 Å². The third kappa shape index (κ3) is 5.27. The number of ketones is 4. The molecule has 13 rings (SSSR count). The first-order chi connectivity index (χ1) is 30.8. The van der Waals surface area contributed by atoms with E-state index in [9.17, 15) is 19.2 Å². The van der Waals surface area contributed by atoms with Gasteiger partial charge in [-0.25, -0.2) is 9.97 Å². The van der Waals surface area contributed by atoms with Crippen molar-refractivity contribution in [3.8, 4) is 32.6 Å². The van der Waals surface area contributed by atoms with E-state index < -0.39 is 11.2 Å². The predicted octanol–water partition coefficient (Wildman–Crippen LogP) is 12.7. The van der Waals surface area contributed by atoms with E-state index in [1.54, 1.807) is 12.2 Å². The molecule has 7 aromatic carbocycles. The number of hydrogen-bond acceptors (Lipinski definition) is 10. The van der Waals surface area contributed by atoms with Crippen molar-refractivity contribution in [3.05, 3.63) is 164 Å². The SMILES string of the molecule is CC1(C)Oc2nc(C=C3C(=O)c4cc5cc6ccccc6cc5cc4C3=O)sc2-c2cc3c(cc21)-c1sc(C=C2C(=O)c4cc5cc6ccccc6cc5cc4C2=O)nc1OC3(C)C. The summed E-state index contributed by atoms with van der Waals surface area (Å²) in [4.78, 5) is 66.7. The monoisotopic (exact) mass is 868 g/mol. The molecule has 0 unspecified atom stereocenters. The van der Waals surface area contributed by atoms with Crippen LogP contribution in [0.5, 0.6) is 11.8 Å². The van der Waals surface area contributed by atoms with Crippen molar-refractivity contribution in [3.63, 3.8) is 0 Å². The van der Waals surface area contributed by atoms with Gasteiger partial charge in [0.1, 0.15) is 21.2 Å². The quantitative estimate of drug-likeness (QED) is 0.0959. The van der Waals surface area contributed by atoms with Crippen molar-refractivity contribution in [1.82, 2.24) is 9.97 Å². The molecular weight excluding hydrogens is 837 g/mol. The third-order valence-electron chi connectivity index (χ3n) is 13.0. The summed E-state index contributed by atoms with van der Waals surface area (Å²) < 4.78 is 13.2. The number of ether oxygens (including phenoxy) is 2. The molecule has 64 heavy (non-hydrogen) atoms. The molecule has 4 heterocycles. The van der Waals surface area contributed by atoms with E-state index in [1.807, 2.05) is 100 Å². The fraction of sp³-hybridized carbons (Fsp3) is 0.111. The number of rotatable bonds is 2. The van der Waals surface area contributed by atoms with Crippen LogP contribution in [-0.4, -0.2) is 33.1 Å². The minimum atomic E-state index is -0.809. The van der Waals surface area contributed by atoms with Crippen LogP contribution in [0, 0.1) is 0 Å². The van der Waals surface area contributed by atoms with Crippen LogP contribution in [0.15, 0.2) is 120 Å². The lowest BCUT2D eigenvalue weighted by atomic mass is 9.81. The van der Waals surface area contributed by atoms with E-state index in [-0.39, 0.29) is 34.3 Å². The molecule has 0 bridgehead atoms. The second kappa shape index (κ2) is 12.6. The summed E-state index contributed by atoms with van der Waals surface area (Å²) in [6.07, 6.45) is 3.19. The Balaban J connectivity index is 0.858. The molecule has 0 N–H and O–H groups in total. The number of Topliss-reactive ketones (excluding diaryl/α,β-unsaturated/α-hetero) is 4. The van der Waals surface area contributed by atoms with Gasteiger partial charge in [-0.05, 0) is 144 Å². The Labute approximate surface area is 373 Å². The molecule has 306 valence electrons. The Hall–Kier alpha value is -7.40. The van der Waals surface area contributed by atoms with Gasteiger partial charge in [0.25, 0.3) is 0 Å². The minimum absolute atomic E-state index is 0.0795. The van der Waals surface area contributed by atoms with E-state index >= 15 is 0 Å². The van der Waals surface area contributed by atoms with Gasteiger partial charge in [0.05, 0.1) is 20.9 Å². The first kappa shape index (κ1) is 37.2. The molecule has 2 aliphatic heterocycles. The highest BCUT2D eigenvalue weighted by atomic mass is 32.1. The van der Waals surface area contributed by atoms with Crippen molar-refractivity contribution in [2.24, 2.45) is 0 Å². The average molecular weight is 869 g/mol. The van der Waals surface area contributed by atoms with Gasteiger partial charge in [0.2, 0.25) is 11.8 Å². The number of nitrogens with zero attached hydrogens (tertiary/aromatic N) is 2. The molecule has 10 heteroatoms. The van der Waals surface area contributed by atoms with Gasteiger partial charge < -0.3 is 9.47 Å². The van der Waals surface area contributed by atoms with Crippen LogP contribution in [0.25, 0.3) is 76.1 Å². The van der Waals surface area contributed by atoms with E-state index in [1.165, 1.54) is 22.7 Å². The summed E-state index contributed by atoms with van der Waals surface area (Å²) in [6.45, 7) is 7.95. The molecule has 0 radical (unpaired) electrons. The smallest absolute Gasteiger partial charge is 0.234 e. The number of fused-ring (bicyclic) bond motifs is 12. The number of carbonyl (C=O) groups excluding carboxylic acids is 4. The molecule has 8 nitrogen and oxygen atoms in total. The van der Waals surface area contributed by atoms with Crippen molar-refractivity contribution in [2.45, 2.75) is 38.9 Å². The third-order valence-corrected chi connectivity index (χ3v) is 15.1. The van der Waals surface area contributed by atoms with Gasteiger partial charge in [-0.2, -0.15) is 0 Å². The molecular formula is C54H32N2O6S2. The van der Waals surface area contributed by atoms with Crippen LogP contribution in [-0.2, 0) is 11.2 Å². The predicted molar refractivity (Wildman–Crippen MR) is 252 cm³/mol. The fourth-order valence-corrected chi connectivity index (χ4v) is 11.8. The lowest BCUT2D eigenvalue weighted by Gasteiger charge is -2.37. The topological polar surface area (TPSA) is 113 Å². The summed E-state index contributed by atoms with van der Waals surface area (Å²) in [6, 6.07) is 35.8. The lowest BCUT2D eigenvalue weighted by Crippen LogP contribution is -2.32. The normalized spacial score (nSPS) is 16.4. The first-order valence-electron chi connectivity index (χ1n) is 20.9. The van der Waals surface area contributed by atoms with Crippen LogP contribution < -0.4 is 9.47 Å². The number of aromatic nitrogens is 2. The Kier molecular flexibility index (Phi) is 7.33. The summed E-state index contributed by atoms with van der Waals surface area (Å²) >= 11 is 2.74. The highest BCUT2D eigenvalue weighted by Gasteiger charge is 2.42. The minimum Gasteiger partial charge on any atom is -0.466 e. The summed E-state index contributed by atoms with van der Waals surface area (Å²) in [5, 5.41) is 8.84. The van der Waals surface area contributed by atoms with Crippen molar-refractivity contribution in [1.29, 1.82) is 0 Å². The van der Waals surface area contributed by atoms with E-state index in [4.69, 9.17) is 19.4 Å². The molecule has 4 aliphatic rings. The molecule has 0 amide bonds. The lowest BCUT2D eigenvalue weighted by molar-refractivity contribution is 0.0952. The zero-order valence-electron chi connectivity index (χ0n) is 34.7. The number of carbonyl (C=O) groups is 4. The highest BCUT2D eigenvalue weighted by Crippen LogP contribution is 2.55. The molecule has 9 aromatic rings. The van der Waals surface area contributed by atoms with Gasteiger partial charge in [0, 0.05) is 44.5 Å². The molecule has 0 saturated heterocycles. The highest BCUT2D eigenvalue weighted by molar-refractivity contribution is 7.17. The molecule has 0 spiro atoms. The van der Waals surface area contributed by atoms with Gasteiger partial charge in [0.15, 0.2) is 23.1 Å². The zero-order chi connectivity index (χ0) is 43.6. The second-order valence-electron chi connectivity index (χ2n) is 17.9. The molecule has 0 saturated carbocycles. The maximum atomic E-state index is 13.9. The maximum absolute atomic E-state index is 13.9. The number of hydrogen-bond donors (Lipinski definition) is 0. The summed E-state index contributed by atoms with van der Waals surface area (Å²) in [5.74, 6) is -0.415. The summed E-state index contributed by atoms with van der Waals surface area (Å²) in [7, 11) is 0. The van der Waals surface area contributed by atoms with Crippen LogP contribution in [0.1, 0.15) is 90.3 Å². The van der Waals surface area contributed by atoms with Gasteiger partial charge in [-0.15, -0.1) is 22.7 Å². The molecule has 0 atom stereocenters. The first-order valence-corrected chi connectivity index (χ1v) is 22.6. The van der Waals surface area contributed by atoms with E-state index in [0.29, 0.717) is 44.0 Å². The Morgan fingerprint density at radius 2 is 0.734 bits per heavy atom. The summed E-state index contributed by atoms with van der Waals surface area (Å²) in [5.41, 5.74) is 3.82. The number of thiazole rings is 2. The van der Waals surface area contributed by atoms with E-state index in [0.717, 1.165) is 75.1 Å². The van der Waals surface area contributed by atoms with Crippen LogP contribution in [0.2, 0.25) is 0 Å². The van der Waals surface area contributed by atoms with Crippen LogP contribution >= 0.6 is 22.7 Å². The Morgan fingerprint density at radius 1 is 0.422 bits per heavy atom. The van der Waals surface area contributed by atoms with Crippen LogP contribution in [0.4, 0.5) is 0 Å². The van der Waals surface area contributed by atoms with Crippen molar-refractivity contribution in [2.75, 3.05) is 0 Å². The molecule has 2 aromatic heterocycles. The van der Waals surface area contributed by atoms with Crippen LogP contribution in [0.3, 0.4) is 0 Å². The zero-order valence-corrected chi connectivity index (χ0v) is 36.3. The second-order valence-corrected chi connectivity index (χ2v) is 19.9. The largest absolute Gasteiger partial charge is 0.466 e. The Bertz CT molecular complexity index is 3420. The van der Waals surface area contributed by atoms with Gasteiger partial charge in [-0.3, -0.25) is 19.2 Å². The van der Waals surface area contributed by atoms with Gasteiger partial charge in [-0.1, -0.05) is 48.5 Å². The Morgan fingerprint density at radius 3 is 1.05 bits per heavy atom. The molecule has 0 fully saturated rings. The number of allylic oxidation sites excluding steroid dienone is 2. The van der Waals surface area contributed by atoms with Gasteiger partial charge >= 0.3 is 0 Å².